The van der Waals surface area contributed by atoms with Gasteiger partial charge in [-0.25, -0.2) is 4.98 Å². The molecule has 3 rings (SSSR count). The van der Waals surface area contributed by atoms with E-state index < -0.39 is 5.97 Å². The van der Waals surface area contributed by atoms with Crippen molar-refractivity contribution in [3.63, 3.8) is 0 Å². The fraction of sp³-hybridized carbons (Fsp3) is 0.176. The Morgan fingerprint density at radius 2 is 1.91 bits per heavy atom. The molecule has 2 aromatic carbocycles. The van der Waals surface area contributed by atoms with Crippen molar-refractivity contribution in [2.24, 2.45) is 7.05 Å². The predicted molar refractivity (Wildman–Crippen MR) is 83.9 cm³/mol. The van der Waals surface area contributed by atoms with Gasteiger partial charge in [0, 0.05) is 12.6 Å². The van der Waals surface area contributed by atoms with Crippen molar-refractivity contribution in [3.8, 4) is 17.1 Å². The van der Waals surface area contributed by atoms with Crippen LogP contribution < -0.4 is 4.74 Å². The lowest BCUT2D eigenvalue weighted by molar-refractivity contribution is -0.137. The minimum absolute atomic E-state index is 0.00743. The van der Waals surface area contributed by atoms with Gasteiger partial charge in [-0.1, -0.05) is 12.1 Å². The van der Waals surface area contributed by atoms with E-state index in [1.807, 2.05) is 55.6 Å². The van der Waals surface area contributed by atoms with Crippen LogP contribution in [0.4, 0.5) is 0 Å². The lowest BCUT2D eigenvalue weighted by atomic mass is 10.2. The highest BCUT2D eigenvalue weighted by molar-refractivity contribution is 5.80. The third-order valence-corrected chi connectivity index (χ3v) is 3.48. The number of aromatic nitrogens is 2. The SMILES string of the molecule is Cn1c(-c2ccc(OCCC(=O)O)cc2)nc2ccccc21. The first-order valence-electron chi connectivity index (χ1n) is 7.01. The van der Waals surface area contributed by atoms with E-state index in [2.05, 4.69) is 9.55 Å². The van der Waals surface area contributed by atoms with Crippen molar-refractivity contribution in [1.29, 1.82) is 0 Å². The lowest BCUT2D eigenvalue weighted by Crippen LogP contribution is -2.04. The third kappa shape index (κ3) is 2.79. The van der Waals surface area contributed by atoms with Gasteiger partial charge in [-0.15, -0.1) is 0 Å². The quantitative estimate of drug-likeness (QED) is 0.785. The van der Waals surface area contributed by atoms with Gasteiger partial charge in [-0.2, -0.15) is 0 Å². The molecule has 5 nitrogen and oxygen atoms in total. The molecule has 0 bridgehead atoms. The van der Waals surface area contributed by atoms with Gasteiger partial charge in [0.05, 0.1) is 24.1 Å². The van der Waals surface area contributed by atoms with Crippen molar-refractivity contribution < 1.29 is 14.6 Å². The second kappa shape index (κ2) is 5.89. The monoisotopic (exact) mass is 296 g/mol. The molecule has 1 aromatic heterocycles. The first-order chi connectivity index (χ1) is 10.6. The Morgan fingerprint density at radius 1 is 1.18 bits per heavy atom. The van der Waals surface area contributed by atoms with Gasteiger partial charge in [-0.3, -0.25) is 4.79 Å². The molecule has 112 valence electrons. The maximum atomic E-state index is 10.5. The third-order valence-electron chi connectivity index (χ3n) is 3.48. The number of ether oxygens (including phenoxy) is 1. The number of hydrogen-bond acceptors (Lipinski definition) is 3. The van der Waals surface area contributed by atoms with Crippen molar-refractivity contribution in [2.75, 3.05) is 6.61 Å². The van der Waals surface area contributed by atoms with Crippen LogP contribution in [0, 0.1) is 0 Å². The minimum Gasteiger partial charge on any atom is -0.493 e. The van der Waals surface area contributed by atoms with Gasteiger partial charge in [0.1, 0.15) is 11.6 Å². The van der Waals surface area contributed by atoms with E-state index >= 15 is 0 Å². The summed E-state index contributed by atoms with van der Waals surface area (Å²) in [5.41, 5.74) is 3.03. The van der Waals surface area contributed by atoms with Crippen molar-refractivity contribution >= 4 is 17.0 Å². The number of rotatable bonds is 5. The molecule has 0 unspecified atom stereocenters. The van der Waals surface area contributed by atoms with Crippen LogP contribution in [0.5, 0.6) is 5.75 Å². The summed E-state index contributed by atoms with van der Waals surface area (Å²) < 4.78 is 7.44. The molecule has 5 heteroatoms. The number of aryl methyl sites for hydroxylation is 1. The average Bonchev–Trinajstić information content (AvgIpc) is 2.85. The minimum atomic E-state index is -0.865. The van der Waals surface area contributed by atoms with Gasteiger partial charge in [0.15, 0.2) is 0 Å². The molecule has 0 radical (unpaired) electrons. The molecule has 0 saturated carbocycles. The topological polar surface area (TPSA) is 64.3 Å². The van der Waals surface area contributed by atoms with E-state index in [9.17, 15) is 4.79 Å². The zero-order valence-electron chi connectivity index (χ0n) is 12.2. The summed E-state index contributed by atoms with van der Waals surface area (Å²) in [7, 11) is 1.99. The number of hydrogen-bond donors (Lipinski definition) is 1. The molecule has 0 aliphatic heterocycles. The number of carboxylic acid groups (broad SMARTS) is 1. The van der Waals surface area contributed by atoms with E-state index in [4.69, 9.17) is 9.84 Å². The molecule has 0 aliphatic carbocycles. The van der Waals surface area contributed by atoms with Crippen molar-refractivity contribution in [3.05, 3.63) is 48.5 Å². The number of fused-ring (bicyclic) bond motifs is 1. The molecule has 0 atom stereocenters. The van der Waals surface area contributed by atoms with E-state index in [0.717, 1.165) is 22.4 Å². The van der Waals surface area contributed by atoms with Crippen LogP contribution in [-0.2, 0) is 11.8 Å². The number of nitrogens with zero attached hydrogens (tertiary/aromatic N) is 2. The Balaban J connectivity index is 1.82. The number of aliphatic carboxylic acids is 1. The zero-order chi connectivity index (χ0) is 15.5. The smallest absolute Gasteiger partial charge is 0.306 e. The van der Waals surface area contributed by atoms with E-state index in [1.165, 1.54) is 0 Å². The first kappa shape index (κ1) is 14.1. The zero-order valence-corrected chi connectivity index (χ0v) is 12.2. The first-order valence-corrected chi connectivity index (χ1v) is 7.01. The Morgan fingerprint density at radius 3 is 2.59 bits per heavy atom. The molecular formula is C17H16N2O3. The van der Waals surface area contributed by atoms with Crippen molar-refractivity contribution in [2.45, 2.75) is 6.42 Å². The highest BCUT2D eigenvalue weighted by Crippen LogP contribution is 2.25. The molecule has 22 heavy (non-hydrogen) atoms. The summed E-state index contributed by atoms with van der Waals surface area (Å²) in [6.07, 6.45) is -0.00743. The fourth-order valence-corrected chi connectivity index (χ4v) is 2.36. The molecule has 0 aliphatic rings. The van der Waals surface area contributed by atoms with E-state index in [-0.39, 0.29) is 13.0 Å². The van der Waals surface area contributed by atoms with Crippen LogP contribution in [0.3, 0.4) is 0 Å². The molecule has 0 saturated heterocycles. The molecule has 1 heterocycles. The van der Waals surface area contributed by atoms with Crippen LogP contribution in [0.25, 0.3) is 22.4 Å². The number of para-hydroxylation sites is 2. The largest absolute Gasteiger partial charge is 0.493 e. The van der Waals surface area contributed by atoms with Gasteiger partial charge in [0.2, 0.25) is 0 Å². The Hall–Kier alpha value is -2.82. The van der Waals surface area contributed by atoms with Crippen LogP contribution in [0.1, 0.15) is 6.42 Å². The summed E-state index contributed by atoms with van der Waals surface area (Å²) >= 11 is 0. The Bertz CT molecular complexity index is 806. The molecule has 0 spiro atoms. The van der Waals surface area contributed by atoms with Crippen LogP contribution >= 0.6 is 0 Å². The van der Waals surface area contributed by atoms with Crippen LogP contribution in [0.15, 0.2) is 48.5 Å². The Kier molecular flexibility index (Phi) is 3.78. The van der Waals surface area contributed by atoms with Gasteiger partial charge < -0.3 is 14.4 Å². The van der Waals surface area contributed by atoms with Gasteiger partial charge in [0.25, 0.3) is 0 Å². The van der Waals surface area contributed by atoms with Crippen LogP contribution in [-0.4, -0.2) is 27.2 Å². The van der Waals surface area contributed by atoms with Crippen molar-refractivity contribution in [1.82, 2.24) is 9.55 Å². The second-order valence-electron chi connectivity index (χ2n) is 5.00. The van der Waals surface area contributed by atoms with E-state index in [1.54, 1.807) is 0 Å². The molecule has 0 fully saturated rings. The average molecular weight is 296 g/mol. The number of imidazole rings is 1. The maximum Gasteiger partial charge on any atom is 0.306 e. The van der Waals surface area contributed by atoms with Gasteiger partial charge in [-0.05, 0) is 36.4 Å². The second-order valence-corrected chi connectivity index (χ2v) is 5.00. The molecule has 0 amide bonds. The number of benzene rings is 2. The maximum absolute atomic E-state index is 10.5. The summed E-state index contributed by atoms with van der Waals surface area (Å²) in [5.74, 6) is 0.679. The normalized spacial score (nSPS) is 10.8. The van der Waals surface area contributed by atoms with Gasteiger partial charge >= 0.3 is 5.97 Å². The summed E-state index contributed by atoms with van der Waals surface area (Å²) in [6.45, 7) is 0.168. The summed E-state index contributed by atoms with van der Waals surface area (Å²) in [5, 5.41) is 8.59. The molecule has 1 N–H and O–H groups in total. The molecular weight excluding hydrogens is 280 g/mol. The summed E-state index contributed by atoms with van der Waals surface area (Å²) in [6, 6.07) is 15.5. The highest BCUT2D eigenvalue weighted by Gasteiger charge is 2.09. The van der Waals surface area contributed by atoms with Crippen LogP contribution in [0.2, 0.25) is 0 Å². The fourth-order valence-electron chi connectivity index (χ4n) is 2.36. The predicted octanol–water partition coefficient (Wildman–Crippen LogP) is 3.09. The Labute approximate surface area is 127 Å². The highest BCUT2D eigenvalue weighted by atomic mass is 16.5. The lowest BCUT2D eigenvalue weighted by Gasteiger charge is -2.06. The summed E-state index contributed by atoms with van der Waals surface area (Å²) in [4.78, 5) is 15.1. The standard InChI is InChI=1S/C17H16N2O3/c1-19-15-5-3-2-4-14(15)18-17(19)12-6-8-13(9-7-12)22-11-10-16(20)21/h2-9H,10-11H2,1H3,(H,20,21). The number of carbonyl (C=O) groups is 1. The number of carboxylic acids is 1. The molecule has 3 aromatic rings. The van der Waals surface area contributed by atoms with E-state index in [0.29, 0.717) is 5.75 Å².